The molecule has 20 heavy (non-hydrogen) atoms. The minimum Gasteiger partial charge on any atom is -0.317 e. The van der Waals surface area contributed by atoms with Gasteiger partial charge in [0.2, 0.25) is 5.91 Å². The summed E-state index contributed by atoms with van der Waals surface area (Å²) in [5.41, 5.74) is 2.60. The molecule has 1 unspecified atom stereocenters. The topological polar surface area (TPSA) is 32.3 Å². The number of piperidine rings is 1. The summed E-state index contributed by atoms with van der Waals surface area (Å²) in [6.45, 7) is 2.94. The van der Waals surface area contributed by atoms with Gasteiger partial charge in [-0.3, -0.25) is 4.79 Å². The second-order valence-electron chi connectivity index (χ2n) is 6.38. The van der Waals surface area contributed by atoms with Gasteiger partial charge in [-0.05, 0) is 61.9 Å². The number of carbonyl (C=O) groups is 1. The Kier molecular flexibility index (Phi) is 2.83. The molecule has 3 aliphatic rings. The lowest BCUT2D eigenvalue weighted by atomic mass is 9.91. The summed E-state index contributed by atoms with van der Waals surface area (Å²) in [6, 6.07) is 5.91. The van der Waals surface area contributed by atoms with Crippen molar-refractivity contribution in [1.82, 2.24) is 5.32 Å². The van der Waals surface area contributed by atoms with Crippen molar-refractivity contribution in [3.8, 4) is 0 Å². The number of benzene rings is 1. The summed E-state index contributed by atoms with van der Waals surface area (Å²) in [5, 5.41) is 4.11. The number of hydrogen-bond donors (Lipinski definition) is 1. The molecule has 1 amide bonds. The average Bonchev–Trinajstić information content (AvgIpc) is 2.97. The minimum atomic E-state index is 0.245. The van der Waals surface area contributed by atoms with Gasteiger partial charge in [0.25, 0.3) is 0 Å². The van der Waals surface area contributed by atoms with Crippen molar-refractivity contribution < 1.29 is 4.79 Å². The Hall–Kier alpha value is -1.06. The molecule has 1 atom stereocenters. The smallest absolute Gasteiger partial charge is 0.230 e. The molecule has 1 aromatic carbocycles. The molecule has 1 aliphatic carbocycles. The van der Waals surface area contributed by atoms with Gasteiger partial charge >= 0.3 is 0 Å². The maximum atomic E-state index is 12.8. The quantitative estimate of drug-likeness (QED) is 0.862. The second-order valence-corrected chi connectivity index (χ2v) is 6.82. The first kappa shape index (κ1) is 12.7. The third-order valence-corrected chi connectivity index (χ3v) is 5.53. The van der Waals surface area contributed by atoms with E-state index in [1.54, 1.807) is 0 Å². The Balaban J connectivity index is 1.56. The maximum absolute atomic E-state index is 12.8. The SMILES string of the molecule is O=C(C1CC12CCNCC2)N1CCc2ccc(Cl)cc21. The first-order chi connectivity index (χ1) is 9.70. The number of fused-ring (bicyclic) bond motifs is 1. The fourth-order valence-corrected chi connectivity index (χ4v) is 4.11. The van der Waals surface area contributed by atoms with E-state index in [1.165, 1.54) is 5.56 Å². The first-order valence-electron chi connectivity index (χ1n) is 7.50. The van der Waals surface area contributed by atoms with Gasteiger partial charge in [-0.15, -0.1) is 0 Å². The van der Waals surface area contributed by atoms with Crippen LogP contribution in [0.25, 0.3) is 0 Å². The van der Waals surface area contributed by atoms with Gasteiger partial charge in [-0.2, -0.15) is 0 Å². The van der Waals surface area contributed by atoms with Crippen molar-refractivity contribution in [2.45, 2.75) is 25.7 Å². The highest BCUT2D eigenvalue weighted by Crippen LogP contribution is 2.59. The molecule has 3 nitrogen and oxygen atoms in total. The lowest BCUT2D eigenvalue weighted by molar-refractivity contribution is -0.120. The van der Waals surface area contributed by atoms with Crippen LogP contribution in [0.15, 0.2) is 18.2 Å². The zero-order chi connectivity index (χ0) is 13.7. The van der Waals surface area contributed by atoms with E-state index in [-0.39, 0.29) is 5.92 Å². The molecule has 4 rings (SSSR count). The average molecular weight is 291 g/mol. The van der Waals surface area contributed by atoms with Gasteiger partial charge in [0.1, 0.15) is 0 Å². The number of nitrogens with zero attached hydrogens (tertiary/aromatic N) is 1. The van der Waals surface area contributed by atoms with E-state index < -0.39 is 0 Å². The molecule has 0 radical (unpaired) electrons. The molecular weight excluding hydrogens is 272 g/mol. The standard InChI is InChI=1S/C16H19ClN2O/c17-12-2-1-11-3-8-19(14(11)9-12)15(20)13-10-16(13)4-6-18-7-5-16/h1-2,9,13,18H,3-8,10H2. The number of rotatable bonds is 1. The van der Waals surface area contributed by atoms with E-state index in [4.69, 9.17) is 11.6 Å². The van der Waals surface area contributed by atoms with E-state index in [0.29, 0.717) is 11.3 Å². The molecule has 1 saturated heterocycles. The first-order valence-corrected chi connectivity index (χ1v) is 7.88. The molecular formula is C16H19ClN2O. The molecule has 4 heteroatoms. The summed E-state index contributed by atoms with van der Waals surface area (Å²) in [4.78, 5) is 14.8. The van der Waals surface area contributed by atoms with Crippen LogP contribution in [0.5, 0.6) is 0 Å². The van der Waals surface area contributed by atoms with E-state index >= 15 is 0 Å². The monoisotopic (exact) mass is 290 g/mol. The lowest BCUT2D eigenvalue weighted by Crippen LogP contribution is -2.35. The van der Waals surface area contributed by atoms with Crippen molar-refractivity contribution >= 4 is 23.2 Å². The number of amides is 1. The molecule has 1 spiro atoms. The second kappa shape index (κ2) is 4.47. The van der Waals surface area contributed by atoms with Crippen molar-refractivity contribution in [2.75, 3.05) is 24.5 Å². The van der Waals surface area contributed by atoms with E-state index in [2.05, 4.69) is 11.4 Å². The molecule has 0 bridgehead atoms. The van der Waals surface area contributed by atoms with E-state index in [0.717, 1.165) is 56.0 Å². The Morgan fingerprint density at radius 1 is 1.35 bits per heavy atom. The molecule has 2 fully saturated rings. The summed E-state index contributed by atoms with van der Waals surface area (Å²) in [7, 11) is 0. The zero-order valence-corrected chi connectivity index (χ0v) is 12.2. The fraction of sp³-hybridized carbons (Fsp3) is 0.562. The third kappa shape index (κ3) is 1.87. The van der Waals surface area contributed by atoms with Crippen molar-refractivity contribution in [3.63, 3.8) is 0 Å². The molecule has 1 N–H and O–H groups in total. The van der Waals surface area contributed by atoms with Gasteiger partial charge in [0, 0.05) is 23.2 Å². The summed E-state index contributed by atoms with van der Waals surface area (Å²) in [6.07, 6.45) is 4.35. The predicted octanol–water partition coefficient (Wildman–Crippen LogP) is 2.62. The van der Waals surface area contributed by atoms with Crippen LogP contribution in [0.1, 0.15) is 24.8 Å². The Bertz CT molecular complexity index is 566. The lowest BCUT2D eigenvalue weighted by Gasteiger charge is -2.25. The molecule has 1 aromatic rings. The van der Waals surface area contributed by atoms with Crippen LogP contribution in [-0.2, 0) is 11.2 Å². The molecule has 2 aliphatic heterocycles. The van der Waals surface area contributed by atoms with Crippen molar-refractivity contribution in [3.05, 3.63) is 28.8 Å². The number of anilines is 1. The van der Waals surface area contributed by atoms with Gasteiger partial charge in [-0.1, -0.05) is 17.7 Å². The molecule has 1 saturated carbocycles. The van der Waals surface area contributed by atoms with Crippen LogP contribution < -0.4 is 10.2 Å². The highest BCUT2D eigenvalue weighted by molar-refractivity contribution is 6.31. The number of halogens is 1. The van der Waals surface area contributed by atoms with Crippen LogP contribution in [0, 0.1) is 11.3 Å². The van der Waals surface area contributed by atoms with Crippen LogP contribution in [-0.4, -0.2) is 25.5 Å². The Labute approximate surface area is 124 Å². The normalized spacial score (nSPS) is 26.6. The molecule has 2 heterocycles. The third-order valence-electron chi connectivity index (χ3n) is 5.30. The zero-order valence-electron chi connectivity index (χ0n) is 11.5. The highest BCUT2D eigenvalue weighted by Gasteiger charge is 2.58. The Morgan fingerprint density at radius 2 is 2.15 bits per heavy atom. The predicted molar refractivity (Wildman–Crippen MR) is 80.2 cm³/mol. The summed E-state index contributed by atoms with van der Waals surface area (Å²) in [5.74, 6) is 0.572. The van der Waals surface area contributed by atoms with Crippen molar-refractivity contribution in [1.29, 1.82) is 0 Å². The Morgan fingerprint density at radius 3 is 2.95 bits per heavy atom. The number of nitrogens with one attached hydrogen (secondary N) is 1. The van der Waals surface area contributed by atoms with Crippen LogP contribution in [0.3, 0.4) is 0 Å². The number of carbonyl (C=O) groups excluding carboxylic acids is 1. The summed E-state index contributed by atoms with van der Waals surface area (Å²) < 4.78 is 0. The van der Waals surface area contributed by atoms with Crippen molar-refractivity contribution in [2.24, 2.45) is 11.3 Å². The van der Waals surface area contributed by atoms with Crippen LogP contribution in [0.4, 0.5) is 5.69 Å². The van der Waals surface area contributed by atoms with E-state index in [1.807, 2.05) is 17.0 Å². The van der Waals surface area contributed by atoms with Gasteiger partial charge in [0.05, 0.1) is 0 Å². The largest absolute Gasteiger partial charge is 0.317 e. The van der Waals surface area contributed by atoms with Crippen LogP contribution >= 0.6 is 11.6 Å². The molecule has 0 aromatic heterocycles. The molecule has 106 valence electrons. The minimum absolute atomic E-state index is 0.245. The van der Waals surface area contributed by atoms with Gasteiger partial charge < -0.3 is 10.2 Å². The maximum Gasteiger partial charge on any atom is 0.230 e. The van der Waals surface area contributed by atoms with Crippen LogP contribution in [0.2, 0.25) is 5.02 Å². The highest BCUT2D eigenvalue weighted by atomic mass is 35.5. The fourth-order valence-electron chi connectivity index (χ4n) is 3.94. The van der Waals surface area contributed by atoms with Gasteiger partial charge in [-0.25, -0.2) is 0 Å². The van der Waals surface area contributed by atoms with Gasteiger partial charge in [0.15, 0.2) is 0 Å². The summed E-state index contributed by atoms with van der Waals surface area (Å²) >= 11 is 6.08. The van der Waals surface area contributed by atoms with E-state index in [9.17, 15) is 4.79 Å². The number of hydrogen-bond acceptors (Lipinski definition) is 2.